The number of rotatable bonds is 4. The van der Waals surface area contributed by atoms with Crippen LogP contribution in [-0.4, -0.2) is 38.1 Å². The number of quaternary nitrogens is 1. The van der Waals surface area contributed by atoms with Crippen molar-refractivity contribution >= 4 is 5.69 Å². The molecule has 2 heteroatoms. The molecule has 0 amide bonds. The molecule has 1 atom stereocenters. The van der Waals surface area contributed by atoms with Gasteiger partial charge in [-0.2, -0.15) is 0 Å². The smallest absolute Gasteiger partial charge is 0.132 e. The van der Waals surface area contributed by atoms with Crippen molar-refractivity contribution in [3.63, 3.8) is 0 Å². The molecule has 0 N–H and O–H groups in total. The van der Waals surface area contributed by atoms with Gasteiger partial charge in [-0.3, -0.25) is 4.48 Å². The van der Waals surface area contributed by atoms with Crippen LogP contribution >= 0.6 is 0 Å². The van der Waals surface area contributed by atoms with Crippen molar-refractivity contribution in [3.05, 3.63) is 89.7 Å². The first kappa shape index (κ1) is 16.2. The van der Waals surface area contributed by atoms with Crippen LogP contribution in [0.25, 0.3) is 0 Å². The summed E-state index contributed by atoms with van der Waals surface area (Å²) in [4.78, 5) is 2.60. The normalized spacial score (nSPS) is 21.9. The Labute approximate surface area is 151 Å². The van der Waals surface area contributed by atoms with E-state index in [1.165, 1.54) is 22.5 Å². The molecule has 0 fully saturated rings. The highest BCUT2D eigenvalue weighted by molar-refractivity contribution is 5.50. The monoisotopic (exact) mass is 331 g/mol. The minimum atomic E-state index is 0.377. The zero-order valence-electron chi connectivity index (χ0n) is 15.2. The third-order valence-corrected chi connectivity index (χ3v) is 5.56. The molecule has 0 saturated heterocycles. The van der Waals surface area contributed by atoms with Gasteiger partial charge in [0.1, 0.15) is 12.2 Å². The van der Waals surface area contributed by atoms with E-state index >= 15 is 0 Å². The lowest BCUT2D eigenvalue weighted by molar-refractivity contribution is 0.273. The quantitative estimate of drug-likeness (QED) is 0.729. The van der Waals surface area contributed by atoms with E-state index in [4.69, 9.17) is 0 Å². The first-order valence-electron chi connectivity index (χ1n) is 9.26. The molecule has 2 aliphatic carbocycles. The van der Waals surface area contributed by atoms with Crippen molar-refractivity contribution in [2.24, 2.45) is 0 Å². The lowest BCUT2D eigenvalue weighted by Gasteiger charge is -2.41. The molecule has 0 aromatic heterocycles. The highest BCUT2D eigenvalue weighted by atomic mass is 15.3. The van der Waals surface area contributed by atoms with Crippen molar-refractivity contribution in [2.45, 2.75) is 18.9 Å². The van der Waals surface area contributed by atoms with Crippen LogP contribution in [0.2, 0.25) is 0 Å². The third-order valence-electron chi connectivity index (χ3n) is 5.56. The number of nitrogens with zero attached hydrogens (tertiary/aromatic N) is 2. The van der Waals surface area contributed by atoms with Gasteiger partial charge in [0.2, 0.25) is 0 Å². The Balaban J connectivity index is 1.59. The highest BCUT2D eigenvalue weighted by Crippen LogP contribution is 2.35. The first-order valence-corrected chi connectivity index (χ1v) is 9.26. The van der Waals surface area contributed by atoms with Crippen LogP contribution in [0.15, 0.2) is 89.7 Å². The highest BCUT2D eigenvalue weighted by Gasteiger charge is 2.30. The average molecular weight is 331 g/mol. The fraction of sp³-hybridized carbons (Fsp3) is 0.304. The van der Waals surface area contributed by atoms with Gasteiger partial charge in [-0.05, 0) is 42.2 Å². The van der Waals surface area contributed by atoms with Gasteiger partial charge in [0.05, 0.1) is 26.7 Å². The number of para-hydroxylation sites is 1. The molecular weight excluding hydrogens is 304 g/mol. The van der Waals surface area contributed by atoms with E-state index in [2.05, 4.69) is 91.9 Å². The van der Waals surface area contributed by atoms with Crippen LogP contribution in [0.5, 0.6) is 0 Å². The summed E-state index contributed by atoms with van der Waals surface area (Å²) in [5, 5.41) is 0. The molecule has 0 bridgehead atoms. The molecule has 4 rings (SSSR count). The maximum atomic E-state index is 2.60. The summed E-state index contributed by atoms with van der Waals surface area (Å²) in [6.07, 6.45) is 18.3. The second-order valence-electron chi connectivity index (χ2n) is 7.62. The lowest BCUT2D eigenvalue weighted by Crippen LogP contribution is -2.49. The van der Waals surface area contributed by atoms with Crippen molar-refractivity contribution in [1.82, 2.24) is 9.38 Å². The second kappa shape index (κ2) is 6.53. The summed E-state index contributed by atoms with van der Waals surface area (Å²) in [5.74, 6) is 0. The molecule has 1 unspecified atom stereocenters. The van der Waals surface area contributed by atoms with E-state index in [1.807, 2.05) is 0 Å². The summed E-state index contributed by atoms with van der Waals surface area (Å²) in [6.45, 7) is 2.13. The SMILES string of the molecule is C[N+](C)(CCN1C2=C(C=C3C=CC=CC31)CCC=C2)c1ccccc1. The molecule has 0 radical (unpaired) electrons. The Hall–Kier alpha value is -2.32. The molecule has 128 valence electrons. The maximum Gasteiger partial charge on any atom is 0.132 e. The van der Waals surface area contributed by atoms with Crippen LogP contribution < -0.4 is 4.48 Å². The fourth-order valence-corrected chi connectivity index (χ4v) is 3.99. The van der Waals surface area contributed by atoms with Crippen LogP contribution in [-0.2, 0) is 0 Å². The van der Waals surface area contributed by atoms with Crippen LogP contribution in [0.3, 0.4) is 0 Å². The van der Waals surface area contributed by atoms with Gasteiger partial charge < -0.3 is 4.90 Å². The number of benzene rings is 1. The van der Waals surface area contributed by atoms with Gasteiger partial charge >= 0.3 is 0 Å². The lowest BCUT2D eigenvalue weighted by atomic mass is 9.88. The van der Waals surface area contributed by atoms with E-state index in [0.717, 1.165) is 30.4 Å². The average Bonchev–Trinajstić information content (AvgIpc) is 2.66. The van der Waals surface area contributed by atoms with Gasteiger partial charge in [-0.25, -0.2) is 0 Å². The number of hydrogen-bond acceptors (Lipinski definition) is 1. The third kappa shape index (κ3) is 3.14. The molecule has 2 nitrogen and oxygen atoms in total. The Kier molecular flexibility index (Phi) is 4.22. The van der Waals surface area contributed by atoms with Crippen LogP contribution in [0.4, 0.5) is 5.69 Å². The molecule has 1 aromatic rings. The summed E-state index contributed by atoms with van der Waals surface area (Å²) >= 11 is 0. The molecule has 0 spiro atoms. The van der Waals surface area contributed by atoms with E-state index < -0.39 is 0 Å². The topological polar surface area (TPSA) is 3.24 Å². The van der Waals surface area contributed by atoms with Crippen molar-refractivity contribution in [1.29, 1.82) is 0 Å². The Morgan fingerprint density at radius 2 is 1.92 bits per heavy atom. The van der Waals surface area contributed by atoms with Gasteiger partial charge in [-0.15, -0.1) is 0 Å². The first-order chi connectivity index (χ1) is 12.1. The molecule has 1 aliphatic heterocycles. The van der Waals surface area contributed by atoms with E-state index in [0.29, 0.717) is 6.04 Å². The van der Waals surface area contributed by atoms with Crippen LogP contribution in [0.1, 0.15) is 12.8 Å². The van der Waals surface area contributed by atoms with Gasteiger partial charge in [-0.1, -0.05) is 54.7 Å². The molecule has 25 heavy (non-hydrogen) atoms. The summed E-state index contributed by atoms with van der Waals surface area (Å²) in [6, 6.07) is 11.2. The number of hydrogen-bond donors (Lipinski definition) is 0. The molecule has 3 aliphatic rings. The summed E-state index contributed by atoms with van der Waals surface area (Å²) in [5.41, 5.74) is 5.72. The second-order valence-corrected chi connectivity index (χ2v) is 7.62. The van der Waals surface area contributed by atoms with Gasteiger partial charge in [0, 0.05) is 5.70 Å². The van der Waals surface area contributed by atoms with E-state index in [1.54, 1.807) is 0 Å². The maximum absolute atomic E-state index is 2.60. The minimum absolute atomic E-state index is 0.377. The Bertz CT molecular complexity index is 791. The zero-order valence-corrected chi connectivity index (χ0v) is 15.2. The fourth-order valence-electron chi connectivity index (χ4n) is 3.99. The minimum Gasteiger partial charge on any atom is -0.355 e. The number of likely N-dealkylation sites (N-methyl/N-ethyl adjacent to an activating group) is 1. The van der Waals surface area contributed by atoms with Crippen molar-refractivity contribution in [2.75, 3.05) is 27.2 Å². The summed E-state index contributed by atoms with van der Waals surface area (Å²) < 4.78 is 0.898. The summed E-state index contributed by atoms with van der Waals surface area (Å²) in [7, 11) is 4.61. The molecule has 0 saturated carbocycles. The predicted molar refractivity (Wildman–Crippen MR) is 107 cm³/mol. The van der Waals surface area contributed by atoms with Gasteiger partial charge in [0.25, 0.3) is 0 Å². The Morgan fingerprint density at radius 1 is 1.08 bits per heavy atom. The molecule has 1 aromatic carbocycles. The number of fused-ring (bicyclic) bond motifs is 1. The van der Waals surface area contributed by atoms with E-state index in [9.17, 15) is 0 Å². The van der Waals surface area contributed by atoms with Crippen molar-refractivity contribution < 1.29 is 0 Å². The Morgan fingerprint density at radius 3 is 2.76 bits per heavy atom. The molecule has 1 heterocycles. The molecular formula is C23H27N2+. The zero-order chi connectivity index (χ0) is 17.3. The largest absolute Gasteiger partial charge is 0.355 e. The standard InChI is InChI=1S/C23H27N2/c1-25(2,21-12-4-3-5-13-21)17-16-24-22-14-8-6-10-19(22)18-20-11-7-9-15-23(20)24/h3-6,8-10,12-15,18,22H,7,11,16-17H2,1-2H3/q+1. The van der Waals surface area contributed by atoms with Crippen molar-refractivity contribution in [3.8, 4) is 0 Å². The van der Waals surface area contributed by atoms with Gasteiger partial charge in [0.15, 0.2) is 0 Å². The van der Waals surface area contributed by atoms with E-state index in [-0.39, 0.29) is 0 Å². The predicted octanol–water partition coefficient (Wildman–Crippen LogP) is 4.59. The van der Waals surface area contributed by atoms with Crippen LogP contribution in [0, 0.1) is 0 Å². The number of allylic oxidation sites excluding steroid dienone is 6.